The molecule has 2 aromatic carbocycles. The van der Waals surface area contributed by atoms with Crippen LogP contribution >= 0.6 is 0 Å². The molecule has 0 aliphatic heterocycles. The number of nitrogens with zero attached hydrogens (tertiary/aromatic N) is 1. The summed E-state index contributed by atoms with van der Waals surface area (Å²) in [6, 6.07) is 14.9. The van der Waals surface area contributed by atoms with E-state index in [-0.39, 0.29) is 18.2 Å². The molecule has 2 aromatic rings. The summed E-state index contributed by atoms with van der Waals surface area (Å²) in [4.78, 5) is 27.0. The lowest BCUT2D eigenvalue weighted by Gasteiger charge is -2.29. The molecule has 0 aliphatic rings. The molecule has 0 saturated carbocycles. The van der Waals surface area contributed by atoms with Crippen molar-refractivity contribution in [3.63, 3.8) is 0 Å². The predicted molar refractivity (Wildman–Crippen MR) is 107 cm³/mol. The topological polar surface area (TPSA) is 58.6 Å². The average molecular weight is 368 g/mol. The number of methoxy groups -OCH3 is 1. The van der Waals surface area contributed by atoms with Crippen LogP contribution in [0.1, 0.15) is 30.5 Å². The summed E-state index contributed by atoms with van der Waals surface area (Å²) < 4.78 is 5.27. The number of likely N-dealkylation sites (N-methyl/N-ethyl adjacent to an activating group) is 1. The van der Waals surface area contributed by atoms with E-state index in [9.17, 15) is 9.59 Å². The quantitative estimate of drug-likeness (QED) is 0.779. The Balaban J connectivity index is 2.23. The van der Waals surface area contributed by atoms with Crippen LogP contribution in [0.2, 0.25) is 0 Å². The number of nitrogens with one attached hydrogen (secondary N) is 1. The van der Waals surface area contributed by atoms with Gasteiger partial charge in [-0.1, -0.05) is 42.0 Å². The number of carbonyl (C=O) groups excluding carboxylic acids is 2. The van der Waals surface area contributed by atoms with Crippen molar-refractivity contribution in [2.45, 2.75) is 39.8 Å². The van der Waals surface area contributed by atoms with Gasteiger partial charge >= 0.3 is 0 Å². The highest BCUT2D eigenvalue weighted by atomic mass is 16.5. The first-order valence-electron chi connectivity index (χ1n) is 9.20. The lowest BCUT2D eigenvalue weighted by atomic mass is 10.1. The van der Waals surface area contributed by atoms with Crippen LogP contribution in [-0.2, 0) is 22.6 Å². The molecule has 5 heteroatoms. The summed E-state index contributed by atoms with van der Waals surface area (Å²) in [5.41, 5.74) is 3.00. The first-order valence-corrected chi connectivity index (χ1v) is 9.20. The predicted octanol–water partition coefficient (Wildman–Crippen LogP) is 3.10. The Morgan fingerprint density at radius 2 is 1.81 bits per heavy atom. The SMILES string of the molecule is CCNC(=O)[C@H](C)N(Cc1cccc(OC)c1)C(=O)Cc1ccc(C)cc1. The molecule has 27 heavy (non-hydrogen) atoms. The van der Waals surface area contributed by atoms with Crippen LogP contribution in [0.5, 0.6) is 5.75 Å². The highest BCUT2D eigenvalue weighted by Crippen LogP contribution is 2.17. The minimum Gasteiger partial charge on any atom is -0.497 e. The van der Waals surface area contributed by atoms with Crippen molar-refractivity contribution in [1.82, 2.24) is 10.2 Å². The zero-order chi connectivity index (χ0) is 19.8. The van der Waals surface area contributed by atoms with E-state index in [1.165, 1.54) is 0 Å². The average Bonchev–Trinajstić information content (AvgIpc) is 2.67. The van der Waals surface area contributed by atoms with Crippen molar-refractivity contribution in [2.24, 2.45) is 0 Å². The van der Waals surface area contributed by atoms with Gasteiger partial charge in [0.25, 0.3) is 0 Å². The van der Waals surface area contributed by atoms with Crippen molar-refractivity contribution in [2.75, 3.05) is 13.7 Å². The van der Waals surface area contributed by atoms with Crippen LogP contribution in [-0.4, -0.2) is 36.4 Å². The van der Waals surface area contributed by atoms with E-state index in [2.05, 4.69) is 5.32 Å². The molecule has 0 aliphatic carbocycles. The van der Waals surface area contributed by atoms with Crippen molar-refractivity contribution < 1.29 is 14.3 Å². The standard InChI is InChI=1S/C22H28N2O3/c1-5-23-22(26)17(3)24(15-19-7-6-8-20(13-19)27-4)21(25)14-18-11-9-16(2)10-12-18/h6-13,17H,5,14-15H2,1-4H3,(H,23,26)/t17-/m0/s1. The zero-order valence-corrected chi connectivity index (χ0v) is 16.5. The second-order valence-corrected chi connectivity index (χ2v) is 6.61. The molecule has 0 fully saturated rings. The van der Waals surface area contributed by atoms with Crippen molar-refractivity contribution in [3.8, 4) is 5.75 Å². The summed E-state index contributed by atoms with van der Waals surface area (Å²) in [5, 5.41) is 2.80. The number of benzene rings is 2. The number of aryl methyl sites for hydroxylation is 1. The van der Waals surface area contributed by atoms with Crippen LogP contribution < -0.4 is 10.1 Å². The molecule has 0 aromatic heterocycles. The molecule has 144 valence electrons. The maximum Gasteiger partial charge on any atom is 0.242 e. The van der Waals surface area contributed by atoms with Gasteiger partial charge in [0.05, 0.1) is 13.5 Å². The van der Waals surface area contributed by atoms with Gasteiger partial charge < -0.3 is 15.0 Å². The number of ether oxygens (including phenoxy) is 1. The smallest absolute Gasteiger partial charge is 0.242 e. The molecule has 2 amide bonds. The third kappa shape index (κ3) is 5.84. The fourth-order valence-electron chi connectivity index (χ4n) is 2.85. The summed E-state index contributed by atoms with van der Waals surface area (Å²) >= 11 is 0. The Kier molecular flexibility index (Phi) is 7.41. The van der Waals surface area contributed by atoms with Gasteiger partial charge in [-0.25, -0.2) is 0 Å². The summed E-state index contributed by atoms with van der Waals surface area (Å²) in [6.45, 7) is 6.52. The maximum atomic E-state index is 13.0. The lowest BCUT2D eigenvalue weighted by molar-refractivity contribution is -0.140. The molecule has 1 atom stereocenters. The Morgan fingerprint density at radius 1 is 1.11 bits per heavy atom. The molecule has 0 spiro atoms. The van der Waals surface area contributed by atoms with Crippen LogP contribution in [0.25, 0.3) is 0 Å². The largest absolute Gasteiger partial charge is 0.497 e. The van der Waals surface area contributed by atoms with Gasteiger partial charge in [-0.2, -0.15) is 0 Å². The maximum absolute atomic E-state index is 13.0. The second-order valence-electron chi connectivity index (χ2n) is 6.61. The highest BCUT2D eigenvalue weighted by molar-refractivity contribution is 5.88. The van der Waals surface area contributed by atoms with Gasteiger partial charge in [-0.05, 0) is 44.0 Å². The van der Waals surface area contributed by atoms with Crippen molar-refractivity contribution in [3.05, 3.63) is 65.2 Å². The fraction of sp³-hybridized carbons (Fsp3) is 0.364. The molecule has 0 unspecified atom stereocenters. The van der Waals surface area contributed by atoms with E-state index in [4.69, 9.17) is 4.74 Å². The molecule has 0 saturated heterocycles. The number of hydrogen-bond acceptors (Lipinski definition) is 3. The van der Waals surface area contributed by atoms with Crippen LogP contribution in [0.4, 0.5) is 0 Å². The van der Waals surface area contributed by atoms with E-state index >= 15 is 0 Å². The first kappa shape index (κ1) is 20.5. The number of hydrogen-bond donors (Lipinski definition) is 1. The van der Waals surface area contributed by atoms with E-state index < -0.39 is 6.04 Å². The molecular formula is C22H28N2O3. The Labute approximate surface area is 161 Å². The molecule has 2 rings (SSSR count). The zero-order valence-electron chi connectivity index (χ0n) is 16.5. The molecule has 1 N–H and O–H groups in total. The van der Waals surface area contributed by atoms with Crippen LogP contribution in [0.15, 0.2) is 48.5 Å². The number of carbonyl (C=O) groups is 2. The Morgan fingerprint density at radius 3 is 2.44 bits per heavy atom. The van der Waals surface area contributed by atoms with Gasteiger partial charge in [0.1, 0.15) is 11.8 Å². The van der Waals surface area contributed by atoms with Crippen LogP contribution in [0.3, 0.4) is 0 Å². The molecular weight excluding hydrogens is 340 g/mol. The number of rotatable bonds is 8. The highest BCUT2D eigenvalue weighted by Gasteiger charge is 2.26. The van der Waals surface area contributed by atoms with E-state index in [1.807, 2.05) is 62.4 Å². The molecule has 0 heterocycles. The van der Waals surface area contributed by atoms with Gasteiger partial charge in [0, 0.05) is 13.1 Å². The summed E-state index contributed by atoms with van der Waals surface area (Å²) in [6.07, 6.45) is 0.258. The monoisotopic (exact) mass is 368 g/mol. The van der Waals surface area contributed by atoms with Crippen LogP contribution in [0, 0.1) is 6.92 Å². The normalized spacial score (nSPS) is 11.6. The van der Waals surface area contributed by atoms with Gasteiger partial charge in [-0.15, -0.1) is 0 Å². The van der Waals surface area contributed by atoms with Crippen molar-refractivity contribution >= 4 is 11.8 Å². The second kappa shape index (κ2) is 9.76. The van der Waals surface area contributed by atoms with Gasteiger partial charge in [-0.3, -0.25) is 9.59 Å². The lowest BCUT2D eigenvalue weighted by Crippen LogP contribution is -2.48. The molecule has 0 bridgehead atoms. The minimum atomic E-state index is -0.561. The minimum absolute atomic E-state index is 0.0829. The Bertz CT molecular complexity index is 771. The number of amides is 2. The van der Waals surface area contributed by atoms with Gasteiger partial charge in [0.15, 0.2) is 0 Å². The third-order valence-corrected chi connectivity index (χ3v) is 4.48. The first-order chi connectivity index (χ1) is 12.9. The third-order valence-electron chi connectivity index (χ3n) is 4.48. The molecule has 5 nitrogen and oxygen atoms in total. The summed E-state index contributed by atoms with van der Waals surface area (Å²) in [7, 11) is 1.61. The van der Waals surface area contributed by atoms with Crippen molar-refractivity contribution in [1.29, 1.82) is 0 Å². The Hall–Kier alpha value is -2.82. The van der Waals surface area contributed by atoms with E-state index in [1.54, 1.807) is 18.9 Å². The molecule has 0 radical (unpaired) electrons. The van der Waals surface area contributed by atoms with E-state index in [0.29, 0.717) is 13.1 Å². The van der Waals surface area contributed by atoms with E-state index in [0.717, 1.165) is 22.4 Å². The summed E-state index contributed by atoms with van der Waals surface area (Å²) in [5.74, 6) is 0.488. The fourth-order valence-corrected chi connectivity index (χ4v) is 2.85. The van der Waals surface area contributed by atoms with Gasteiger partial charge in [0.2, 0.25) is 11.8 Å².